The average Bonchev–Trinajstić information content (AvgIpc) is 2.24. The predicted octanol–water partition coefficient (Wildman–Crippen LogP) is 0.664. The van der Waals surface area contributed by atoms with E-state index in [0.717, 1.165) is 19.4 Å². The van der Waals surface area contributed by atoms with Crippen LogP contribution in [0, 0.1) is 0 Å². The first-order chi connectivity index (χ1) is 7.65. The second-order valence-corrected chi connectivity index (χ2v) is 4.49. The zero-order valence-corrected chi connectivity index (χ0v) is 9.73. The standard InChI is InChI=1S/C11H18N4O/c1-8-5-9(3-4-15(8)2)14-10-6-11(16)13-7-12-10/h6-9H,3-5H2,1-2H3,(H2,12,13,14,16). The van der Waals surface area contributed by atoms with Crippen molar-refractivity contribution in [3.05, 3.63) is 22.7 Å². The fourth-order valence-corrected chi connectivity index (χ4v) is 2.08. The van der Waals surface area contributed by atoms with Gasteiger partial charge in [0, 0.05) is 24.7 Å². The number of piperidine rings is 1. The van der Waals surface area contributed by atoms with Crippen LogP contribution in [0.15, 0.2) is 17.2 Å². The number of aromatic amines is 1. The molecule has 1 fully saturated rings. The third kappa shape index (κ3) is 2.61. The van der Waals surface area contributed by atoms with Crippen LogP contribution < -0.4 is 10.9 Å². The molecule has 1 aromatic rings. The summed E-state index contributed by atoms with van der Waals surface area (Å²) in [5.74, 6) is 0.672. The summed E-state index contributed by atoms with van der Waals surface area (Å²) in [6.07, 6.45) is 3.61. The zero-order chi connectivity index (χ0) is 11.5. The molecule has 0 saturated carbocycles. The Balaban J connectivity index is 1.98. The van der Waals surface area contributed by atoms with Crippen LogP contribution in [0.3, 0.4) is 0 Å². The van der Waals surface area contributed by atoms with Crippen LogP contribution in [0.25, 0.3) is 0 Å². The number of anilines is 1. The highest BCUT2D eigenvalue weighted by atomic mass is 16.1. The summed E-state index contributed by atoms with van der Waals surface area (Å²) >= 11 is 0. The van der Waals surface area contributed by atoms with Gasteiger partial charge in [-0.2, -0.15) is 0 Å². The van der Waals surface area contributed by atoms with Crippen molar-refractivity contribution in [2.24, 2.45) is 0 Å². The Hall–Kier alpha value is -1.36. The van der Waals surface area contributed by atoms with E-state index in [9.17, 15) is 4.79 Å². The number of hydrogen-bond donors (Lipinski definition) is 2. The van der Waals surface area contributed by atoms with E-state index >= 15 is 0 Å². The number of H-pyrrole nitrogens is 1. The SMILES string of the molecule is CC1CC(Nc2cc(=O)[nH]cn2)CCN1C. The van der Waals surface area contributed by atoms with Gasteiger partial charge in [-0.25, -0.2) is 4.98 Å². The van der Waals surface area contributed by atoms with E-state index in [1.54, 1.807) is 0 Å². The molecular formula is C11H18N4O. The molecule has 1 saturated heterocycles. The molecular weight excluding hydrogens is 204 g/mol. The minimum absolute atomic E-state index is 0.113. The molecule has 0 bridgehead atoms. The van der Waals surface area contributed by atoms with Crippen molar-refractivity contribution < 1.29 is 0 Å². The van der Waals surface area contributed by atoms with E-state index in [0.29, 0.717) is 17.9 Å². The van der Waals surface area contributed by atoms with Gasteiger partial charge in [0.25, 0.3) is 5.56 Å². The molecule has 2 unspecified atom stereocenters. The summed E-state index contributed by atoms with van der Waals surface area (Å²) in [4.78, 5) is 20.1. The van der Waals surface area contributed by atoms with Gasteiger partial charge in [-0.15, -0.1) is 0 Å². The molecule has 5 heteroatoms. The highest BCUT2D eigenvalue weighted by Crippen LogP contribution is 2.17. The van der Waals surface area contributed by atoms with Crippen molar-refractivity contribution in [3.8, 4) is 0 Å². The molecule has 1 aliphatic rings. The summed E-state index contributed by atoms with van der Waals surface area (Å²) < 4.78 is 0. The third-order valence-electron chi connectivity index (χ3n) is 3.24. The van der Waals surface area contributed by atoms with E-state index in [-0.39, 0.29) is 5.56 Å². The Bertz CT molecular complexity index is 403. The Morgan fingerprint density at radius 3 is 3.12 bits per heavy atom. The van der Waals surface area contributed by atoms with Gasteiger partial charge in [0.2, 0.25) is 0 Å². The fourth-order valence-electron chi connectivity index (χ4n) is 2.08. The second kappa shape index (κ2) is 4.65. The number of rotatable bonds is 2. The molecule has 2 heterocycles. The van der Waals surface area contributed by atoms with Gasteiger partial charge < -0.3 is 15.2 Å². The lowest BCUT2D eigenvalue weighted by Gasteiger charge is -2.35. The highest BCUT2D eigenvalue weighted by Gasteiger charge is 2.22. The van der Waals surface area contributed by atoms with E-state index in [4.69, 9.17) is 0 Å². The van der Waals surface area contributed by atoms with Crippen molar-refractivity contribution in [1.82, 2.24) is 14.9 Å². The predicted molar refractivity (Wildman–Crippen MR) is 63.6 cm³/mol. The number of nitrogens with zero attached hydrogens (tertiary/aromatic N) is 2. The van der Waals surface area contributed by atoms with Crippen molar-refractivity contribution in [3.63, 3.8) is 0 Å². The highest BCUT2D eigenvalue weighted by molar-refractivity contribution is 5.33. The van der Waals surface area contributed by atoms with Gasteiger partial charge >= 0.3 is 0 Å². The second-order valence-electron chi connectivity index (χ2n) is 4.49. The first-order valence-corrected chi connectivity index (χ1v) is 5.66. The van der Waals surface area contributed by atoms with Crippen LogP contribution in [0.2, 0.25) is 0 Å². The van der Waals surface area contributed by atoms with Crippen LogP contribution in [0.4, 0.5) is 5.82 Å². The minimum atomic E-state index is -0.113. The topological polar surface area (TPSA) is 61.0 Å². The van der Waals surface area contributed by atoms with Crippen molar-refractivity contribution in [2.45, 2.75) is 31.8 Å². The van der Waals surface area contributed by atoms with E-state index in [2.05, 4.69) is 34.2 Å². The van der Waals surface area contributed by atoms with Crippen molar-refractivity contribution in [2.75, 3.05) is 18.9 Å². The number of hydrogen-bond acceptors (Lipinski definition) is 4. The maximum Gasteiger partial charge on any atom is 0.252 e. The lowest BCUT2D eigenvalue weighted by Crippen LogP contribution is -2.42. The molecule has 1 aliphatic heterocycles. The van der Waals surface area contributed by atoms with Crippen LogP contribution in [-0.4, -0.2) is 40.5 Å². The maximum absolute atomic E-state index is 11.1. The normalized spacial score (nSPS) is 26.6. The zero-order valence-electron chi connectivity index (χ0n) is 9.73. The Morgan fingerprint density at radius 1 is 1.62 bits per heavy atom. The van der Waals surface area contributed by atoms with Gasteiger partial charge in [0.1, 0.15) is 5.82 Å². The summed E-state index contributed by atoms with van der Waals surface area (Å²) in [6, 6.07) is 2.50. The largest absolute Gasteiger partial charge is 0.367 e. The van der Waals surface area contributed by atoms with E-state index in [1.807, 2.05) is 0 Å². The monoisotopic (exact) mass is 222 g/mol. The molecule has 2 N–H and O–H groups in total. The molecule has 2 rings (SSSR count). The molecule has 88 valence electrons. The molecule has 0 aromatic carbocycles. The van der Waals surface area contributed by atoms with E-state index < -0.39 is 0 Å². The Kier molecular flexibility index (Phi) is 3.24. The van der Waals surface area contributed by atoms with Crippen molar-refractivity contribution in [1.29, 1.82) is 0 Å². The summed E-state index contributed by atoms with van der Waals surface area (Å²) in [6.45, 7) is 3.31. The lowest BCUT2D eigenvalue weighted by atomic mass is 9.99. The first-order valence-electron chi connectivity index (χ1n) is 5.66. The molecule has 0 aliphatic carbocycles. The van der Waals surface area contributed by atoms with Gasteiger partial charge in [-0.3, -0.25) is 4.79 Å². The first kappa shape index (κ1) is 11.1. The van der Waals surface area contributed by atoms with Gasteiger partial charge in [-0.1, -0.05) is 0 Å². The molecule has 0 radical (unpaired) electrons. The smallest absolute Gasteiger partial charge is 0.252 e. The van der Waals surface area contributed by atoms with Crippen LogP contribution in [0.5, 0.6) is 0 Å². The summed E-state index contributed by atoms with van der Waals surface area (Å²) in [5.41, 5.74) is -0.113. The quantitative estimate of drug-likeness (QED) is 0.772. The Labute approximate surface area is 94.9 Å². The lowest BCUT2D eigenvalue weighted by molar-refractivity contribution is 0.190. The van der Waals surface area contributed by atoms with E-state index in [1.165, 1.54) is 12.4 Å². The molecule has 0 amide bonds. The van der Waals surface area contributed by atoms with Gasteiger partial charge in [0.05, 0.1) is 6.33 Å². The van der Waals surface area contributed by atoms with Gasteiger partial charge in [-0.05, 0) is 26.8 Å². The number of likely N-dealkylation sites (tertiary alicyclic amines) is 1. The average molecular weight is 222 g/mol. The van der Waals surface area contributed by atoms with Crippen molar-refractivity contribution >= 4 is 5.82 Å². The molecule has 16 heavy (non-hydrogen) atoms. The molecule has 1 aromatic heterocycles. The third-order valence-corrected chi connectivity index (χ3v) is 3.24. The number of aromatic nitrogens is 2. The molecule has 5 nitrogen and oxygen atoms in total. The van der Waals surface area contributed by atoms with Gasteiger partial charge in [0.15, 0.2) is 0 Å². The van der Waals surface area contributed by atoms with Crippen LogP contribution in [-0.2, 0) is 0 Å². The molecule has 0 spiro atoms. The van der Waals surface area contributed by atoms with Crippen LogP contribution in [0.1, 0.15) is 19.8 Å². The fraction of sp³-hybridized carbons (Fsp3) is 0.636. The maximum atomic E-state index is 11.1. The number of nitrogens with one attached hydrogen (secondary N) is 2. The summed E-state index contributed by atoms with van der Waals surface area (Å²) in [5, 5.41) is 3.31. The molecule has 2 atom stereocenters. The summed E-state index contributed by atoms with van der Waals surface area (Å²) in [7, 11) is 2.15. The Morgan fingerprint density at radius 2 is 2.44 bits per heavy atom. The minimum Gasteiger partial charge on any atom is -0.367 e. The van der Waals surface area contributed by atoms with Crippen LogP contribution >= 0.6 is 0 Å².